The molecule has 0 amide bonds. The number of aliphatic hydroxyl groups excluding tert-OH is 1. The van der Waals surface area contributed by atoms with Gasteiger partial charge in [0.15, 0.2) is 7.37 Å². The number of aliphatic hydroxyl groups is 1. The van der Waals surface area contributed by atoms with Crippen LogP contribution in [0.4, 0.5) is 0 Å². The summed E-state index contributed by atoms with van der Waals surface area (Å²) in [4.78, 5) is 8.73. The van der Waals surface area contributed by atoms with Gasteiger partial charge in [-0.15, -0.1) is 0 Å². The number of rotatable bonds is 5. The molecule has 0 aliphatic carbocycles. The highest BCUT2D eigenvalue weighted by atomic mass is 31.2. The summed E-state index contributed by atoms with van der Waals surface area (Å²) in [5.41, 5.74) is 0. The van der Waals surface area contributed by atoms with Gasteiger partial charge in [0.2, 0.25) is 0 Å². The zero-order chi connectivity index (χ0) is 8.04. The third-order valence-electron chi connectivity index (χ3n) is 0.886. The number of ether oxygens (including phenoxy) is 1. The van der Waals surface area contributed by atoms with E-state index in [2.05, 4.69) is 0 Å². The average molecular weight is 168 g/mol. The van der Waals surface area contributed by atoms with E-state index in [1.165, 1.54) is 6.66 Å². The molecule has 1 unspecified atom stereocenters. The quantitative estimate of drug-likeness (QED) is 0.444. The first-order valence-electron chi connectivity index (χ1n) is 3.04. The van der Waals surface area contributed by atoms with Crippen LogP contribution in [0.2, 0.25) is 0 Å². The van der Waals surface area contributed by atoms with Gasteiger partial charge >= 0.3 is 0 Å². The molecule has 0 bridgehead atoms. The predicted octanol–water partition coefficient (Wildman–Crippen LogP) is -0.104. The van der Waals surface area contributed by atoms with Crippen molar-refractivity contribution in [3.63, 3.8) is 0 Å². The van der Waals surface area contributed by atoms with Gasteiger partial charge in [-0.2, -0.15) is 0 Å². The van der Waals surface area contributed by atoms with Gasteiger partial charge in [0.1, 0.15) is 0 Å². The maximum atomic E-state index is 10.6. The van der Waals surface area contributed by atoms with Crippen LogP contribution in [0.25, 0.3) is 0 Å². The standard InChI is InChI=1S/C5H13O4P/c1-10(7,8)5-4-9-3-2-6/h6H,2-5H2,1H3,(H,7,8). The minimum Gasteiger partial charge on any atom is -0.394 e. The van der Waals surface area contributed by atoms with E-state index in [1.54, 1.807) is 0 Å². The van der Waals surface area contributed by atoms with Crippen LogP contribution in [0.1, 0.15) is 0 Å². The van der Waals surface area contributed by atoms with E-state index in [-0.39, 0.29) is 26.0 Å². The topological polar surface area (TPSA) is 66.8 Å². The van der Waals surface area contributed by atoms with Crippen LogP contribution in [-0.4, -0.2) is 42.6 Å². The highest BCUT2D eigenvalue weighted by Crippen LogP contribution is 2.33. The molecule has 0 rings (SSSR count). The lowest BCUT2D eigenvalue weighted by Gasteiger charge is -2.04. The molecule has 0 saturated heterocycles. The molecule has 0 aliphatic heterocycles. The molecule has 10 heavy (non-hydrogen) atoms. The highest BCUT2D eigenvalue weighted by molar-refractivity contribution is 7.57. The van der Waals surface area contributed by atoms with Gasteiger partial charge in [0.25, 0.3) is 0 Å². The smallest absolute Gasteiger partial charge is 0.199 e. The molecule has 1 atom stereocenters. The molecular weight excluding hydrogens is 155 g/mol. The summed E-state index contributed by atoms with van der Waals surface area (Å²) in [7, 11) is -2.91. The van der Waals surface area contributed by atoms with Crippen LogP contribution < -0.4 is 0 Å². The summed E-state index contributed by atoms with van der Waals surface area (Å²) in [6.45, 7) is 1.72. The number of hydrogen-bond donors (Lipinski definition) is 2. The van der Waals surface area contributed by atoms with E-state index in [0.717, 1.165) is 0 Å². The Labute approximate surface area is 60.3 Å². The normalized spacial score (nSPS) is 16.7. The molecular formula is C5H13O4P. The van der Waals surface area contributed by atoms with Crippen molar-refractivity contribution in [3.05, 3.63) is 0 Å². The third kappa shape index (κ3) is 8.11. The molecule has 0 aromatic carbocycles. The fraction of sp³-hybridized carbons (Fsp3) is 1.00. The fourth-order valence-corrected chi connectivity index (χ4v) is 0.868. The summed E-state index contributed by atoms with van der Waals surface area (Å²) in [5.74, 6) is 0. The Kier molecular flexibility index (Phi) is 4.91. The maximum Gasteiger partial charge on any atom is 0.199 e. The second kappa shape index (κ2) is 4.85. The summed E-state index contributed by atoms with van der Waals surface area (Å²) >= 11 is 0. The Bertz CT molecular complexity index is 119. The summed E-state index contributed by atoms with van der Waals surface area (Å²) in [6, 6.07) is 0. The van der Waals surface area contributed by atoms with Gasteiger partial charge in [-0.25, -0.2) is 0 Å². The summed E-state index contributed by atoms with van der Waals surface area (Å²) in [5, 5.41) is 8.24. The summed E-state index contributed by atoms with van der Waals surface area (Å²) in [6.07, 6.45) is 0.160. The molecule has 0 radical (unpaired) electrons. The van der Waals surface area contributed by atoms with E-state index < -0.39 is 7.37 Å². The molecule has 0 heterocycles. The molecule has 5 heteroatoms. The van der Waals surface area contributed by atoms with Crippen LogP contribution in [0, 0.1) is 0 Å². The van der Waals surface area contributed by atoms with E-state index >= 15 is 0 Å². The SMILES string of the molecule is CP(=O)(O)CCOCCO. The minimum atomic E-state index is -2.91. The van der Waals surface area contributed by atoms with Gasteiger partial charge < -0.3 is 14.7 Å². The van der Waals surface area contributed by atoms with Crippen molar-refractivity contribution in [3.8, 4) is 0 Å². The Morgan fingerprint density at radius 1 is 1.50 bits per heavy atom. The van der Waals surface area contributed by atoms with Crippen molar-refractivity contribution in [2.24, 2.45) is 0 Å². The van der Waals surface area contributed by atoms with E-state index in [4.69, 9.17) is 14.7 Å². The van der Waals surface area contributed by atoms with Gasteiger partial charge in [-0.1, -0.05) is 0 Å². The summed E-state index contributed by atoms with van der Waals surface area (Å²) < 4.78 is 15.4. The average Bonchev–Trinajstić information content (AvgIpc) is 1.78. The zero-order valence-electron chi connectivity index (χ0n) is 5.99. The lowest BCUT2D eigenvalue weighted by atomic mass is 10.7. The van der Waals surface area contributed by atoms with Crippen molar-refractivity contribution < 1.29 is 19.3 Å². The van der Waals surface area contributed by atoms with E-state index in [9.17, 15) is 4.57 Å². The van der Waals surface area contributed by atoms with Crippen LogP contribution in [0.3, 0.4) is 0 Å². The van der Waals surface area contributed by atoms with Crippen LogP contribution in [-0.2, 0) is 9.30 Å². The van der Waals surface area contributed by atoms with Crippen LogP contribution in [0.5, 0.6) is 0 Å². The first-order chi connectivity index (χ1) is 4.56. The second-order valence-corrected chi connectivity index (χ2v) is 4.66. The monoisotopic (exact) mass is 168 g/mol. The van der Waals surface area contributed by atoms with Gasteiger partial charge in [-0.3, -0.25) is 4.57 Å². The third-order valence-corrected chi connectivity index (χ3v) is 1.90. The van der Waals surface area contributed by atoms with Gasteiger partial charge in [-0.05, 0) is 0 Å². The van der Waals surface area contributed by atoms with Crippen molar-refractivity contribution in [2.45, 2.75) is 0 Å². The van der Waals surface area contributed by atoms with Crippen molar-refractivity contribution in [1.29, 1.82) is 0 Å². The lowest BCUT2D eigenvalue weighted by molar-refractivity contribution is 0.102. The zero-order valence-corrected chi connectivity index (χ0v) is 6.88. The Morgan fingerprint density at radius 2 is 2.10 bits per heavy atom. The van der Waals surface area contributed by atoms with Crippen LogP contribution >= 0.6 is 7.37 Å². The first kappa shape index (κ1) is 10.1. The van der Waals surface area contributed by atoms with Gasteiger partial charge in [0.05, 0.1) is 19.8 Å². The highest BCUT2D eigenvalue weighted by Gasteiger charge is 2.07. The second-order valence-electron chi connectivity index (χ2n) is 2.11. The minimum absolute atomic E-state index is 0.0422. The molecule has 62 valence electrons. The Balaban J connectivity index is 3.13. The van der Waals surface area contributed by atoms with Gasteiger partial charge in [0, 0.05) is 12.8 Å². The maximum absolute atomic E-state index is 10.6. The molecule has 2 N–H and O–H groups in total. The first-order valence-corrected chi connectivity index (χ1v) is 5.33. The van der Waals surface area contributed by atoms with Crippen molar-refractivity contribution in [1.82, 2.24) is 0 Å². The predicted molar refractivity (Wildman–Crippen MR) is 38.5 cm³/mol. The molecule has 0 aromatic rings. The van der Waals surface area contributed by atoms with E-state index in [1.807, 2.05) is 0 Å². The lowest BCUT2D eigenvalue weighted by Crippen LogP contribution is -2.04. The Hall–Kier alpha value is 0.110. The van der Waals surface area contributed by atoms with Crippen LogP contribution in [0.15, 0.2) is 0 Å². The largest absolute Gasteiger partial charge is 0.394 e. The molecule has 4 nitrogen and oxygen atoms in total. The molecule has 0 aromatic heterocycles. The Morgan fingerprint density at radius 3 is 2.50 bits per heavy atom. The molecule has 0 saturated carbocycles. The molecule has 0 aliphatic rings. The van der Waals surface area contributed by atoms with E-state index in [0.29, 0.717) is 0 Å². The molecule has 0 spiro atoms. The number of hydrogen-bond acceptors (Lipinski definition) is 3. The van der Waals surface area contributed by atoms with Crippen molar-refractivity contribution >= 4 is 7.37 Å². The van der Waals surface area contributed by atoms with Crippen molar-refractivity contribution in [2.75, 3.05) is 32.6 Å². The molecule has 0 fully saturated rings. The fourth-order valence-electron chi connectivity index (χ4n) is 0.401.